The minimum Gasteiger partial charge on any atom is -0.394 e. The van der Waals surface area contributed by atoms with Gasteiger partial charge in [0, 0.05) is 25.6 Å². The van der Waals surface area contributed by atoms with Gasteiger partial charge in [-0.25, -0.2) is 0 Å². The van der Waals surface area contributed by atoms with Gasteiger partial charge in [-0.2, -0.15) is 0 Å². The fourth-order valence-electron chi connectivity index (χ4n) is 2.99. The topological polar surface area (TPSA) is 132 Å². The fourth-order valence-corrected chi connectivity index (χ4v) is 2.99. The van der Waals surface area contributed by atoms with Crippen LogP contribution in [0.3, 0.4) is 0 Å². The van der Waals surface area contributed by atoms with Gasteiger partial charge in [-0.1, -0.05) is 0 Å². The van der Waals surface area contributed by atoms with Gasteiger partial charge < -0.3 is 40.3 Å². The Bertz CT molecular complexity index is 302. The second-order valence-electron chi connectivity index (χ2n) is 5.41. The number of ether oxygens (including phenoxy) is 2. The molecule has 0 unspecified atom stereocenters. The molecule has 2 aliphatic heterocycles. The highest BCUT2D eigenvalue weighted by molar-refractivity contribution is 4.98. The lowest BCUT2D eigenvalue weighted by Crippen LogP contribution is -2.61. The molecular weight excluding hydrogens is 270 g/mol. The van der Waals surface area contributed by atoms with E-state index in [4.69, 9.17) is 9.47 Å². The number of aliphatic hydroxyl groups is 5. The van der Waals surface area contributed by atoms with Gasteiger partial charge in [0.05, 0.1) is 24.9 Å². The van der Waals surface area contributed by atoms with Gasteiger partial charge in [-0.05, 0) is 6.42 Å². The van der Waals surface area contributed by atoms with Crippen LogP contribution in [0.1, 0.15) is 6.42 Å². The minimum atomic E-state index is -1.23. The predicted molar refractivity (Wildman–Crippen MR) is 66.7 cm³/mol. The van der Waals surface area contributed by atoms with Crippen molar-refractivity contribution < 1.29 is 35.0 Å². The molecule has 8 atom stereocenters. The average molecular weight is 293 g/mol. The standard InChI is InChI=1S/C12H23NO7/c1-19-12-11(18)8(10(17)7(4-14)20-12)9(16)6-2-5(15)3-13-6/h5-18H,2-4H2,1H3/t5-,6+,7-,8+,9+,10+,11-,12+/m1/s1. The van der Waals surface area contributed by atoms with Crippen molar-refractivity contribution in [3.63, 3.8) is 0 Å². The Hall–Kier alpha value is -0.320. The van der Waals surface area contributed by atoms with E-state index in [9.17, 15) is 25.5 Å². The van der Waals surface area contributed by atoms with E-state index in [-0.39, 0.29) is 0 Å². The molecule has 0 bridgehead atoms. The third kappa shape index (κ3) is 2.97. The molecule has 2 heterocycles. The van der Waals surface area contributed by atoms with Crippen LogP contribution < -0.4 is 5.32 Å². The number of aliphatic hydroxyl groups excluding tert-OH is 5. The van der Waals surface area contributed by atoms with Gasteiger partial charge in [0.25, 0.3) is 0 Å². The fraction of sp³-hybridized carbons (Fsp3) is 1.00. The van der Waals surface area contributed by atoms with Gasteiger partial charge in [-0.15, -0.1) is 0 Å². The number of nitrogens with one attached hydrogen (secondary N) is 1. The molecule has 0 amide bonds. The molecule has 8 nitrogen and oxygen atoms in total. The molecule has 0 radical (unpaired) electrons. The summed E-state index contributed by atoms with van der Waals surface area (Å²) < 4.78 is 10.2. The summed E-state index contributed by atoms with van der Waals surface area (Å²) >= 11 is 0. The Labute approximate surface area is 116 Å². The van der Waals surface area contributed by atoms with E-state index in [0.29, 0.717) is 13.0 Å². The van der Waals surface area contributed by atoms with Crippen LogP contribution in [0.5, 0.6) is 0 Å². The Morgan fingerprint density at radius 2 is 2.00 bits per heavy atom. The molecule has 0 saturated carbocycles. The SMILES string of the molecule is CO[C@H]1O[C@H](CO)[C@H](O)[C@H]([C@@H](O)[C@@H]2C[C@@H](O)CN2)[C@H]1O. The van der Waals surface area contributed by atoms with Gasteiger partial charge in [-0.3, -0.25) is 0 Å². The molecular formula is C12H23NO7. The summed E-state index contributed by atoms with van der Waals surface area (Å²) in [4.78, 5) is 0. The van der Waals surface area contributed by atoms with Crippen molar-refractivity contribution in [2.45, 2.75) is 49.3 Å². The lowest BCUT2D eigenvalue weighted by atomic mass is 9.81. The average Bonchev–Trinajstić information content (AvgIpc) is 2.86. The first-order valence-corrected chi connectivity index (χ1v) is 6.74. The largest absolute Gasteiger partial charge is 0.394 e. The molecule has 0 aromatic carbocycles. The summed E-state index contributed by atoms with van der Waals surface area (Å²) in [6.45, 7) is -0.0913. The van der Waals surface area contributed by atoms with E-state index in [1.54, 1.807) is 0 Å². The summed E-state index contributed by atoms with van der Waals surface area (Å²) in [5.74, 6) is -0.936. The van der Waals surface area contributed by atoms with Crippen molar-refractivity contribution in [2.24, 2.45) is 5.92 Å². The Morgan fingerprint density at radius 3 is 2.50 bits per heavy atom. The quantitative estimate of drug-likeness (QED) is 0.319. The van der Waals surface area contributed by atoms with E-state index < -0.39 is 55.4 Å². The zero-order valence-corrected chi connectivity index (χ0v) is 11.3. The maximum Gasteiger partial charge on any atom is 0.184 e. The van der Waals surface area contributed by atoms with Crippen LogP contribution in [0.4, 0.5) is 0 Å². The number of hydrogen-bond donors (Lipinski definition) is 6. The van der Waals surface area contributed by atoms with E-state index >= 15 is 0 Å². The van der Waals surface area contributed by atoms with Crippen molar-refractivity contribution in [1.29, 1.82) is 0 Å². The first-order valence-electron chi connectivity index (χ1n) is 6.74. The zero-order valence-electron chi connectivity index (χ0n) is 11.3. The predicted octanol–water partition coefficient (Wildman–Crippen LogP) is -3.23. The molecule has 118 valence electrons. The molecule has 0 aromatic rings. The molecule has 2 aliphatic rings. The van der Waals surface area contributed by atoms with Crippen molar-refractivity contribution >= 4 is 0 Å². The summed E-state index contributed by atoms with van der Waals surface area (Å²) in [6.07, 6.45) is -5.73. The maximum absolute atomic E-state index is 10.4. The molecule has 8 heteroatoms. The van der Waals surface area contributed by atoms with E-state index in [1.807, 2.05) is 0 Å². The van der Waals surface area contributed by atoms with Crippen molar-refractivity contribution in [3.05, 3.63) is 0 Å². The first kappa shape index (κ1) is 16.1. The smallest absolute Gasteiger partial charge is 0.184 e. The Balaban J connectivity index is 2.12. The van der Waals surface area contributed by atoms with Crippen molar-refractivity contribution in [2.75, 3.05) is 20.3 Å². The molecule has 0 spiro atoms. The zero-order chi connectivity index (χ0) is 14.9. The van der Waals surface area contributed by atoms with E-state index in [1.165, 1.54) is 7.11 Å². The first-order chi connectivity index (χ1) is 9.49. The summed E-state index contributed by atoms with van der Waals surface area (Å²) in [5.41, 5.74) is 0. The number of hydrogen-bond acceptors (Lipinski definition) is 8. The van der Waals surface area contributed by atoms with Crippen LogP contribution in [0.15, 0.2) is 0 Å². The highest BCUT2D eigenvalue weighted by Gasteiger charge is 2.50. The molecule has 0 aliphatic carbocycles. The normalized spacial score (nSPS) is 47.4. The van der Waals surface area contributed by atoms with Crippen molar-refractivity contribution in [1.82, 2.24) is 5.32 Å². The molecule has 2 fully saturated rings. The second-order valence-corrected chi connectivity index (χ2v) is 5.41. The highest BCUT2D eigenvalue weighted by atomic mass is 16.7. The Kier molecular flexibility index (Phi) is 5.32. The summed E-state index contributed by atoms with van der Waals surface area (Å²) in [7, 11) is 1.33. The third-order valence-electron chi connectivity index (χ3n) is 4.12. The number of methoxy groups -OCH3 is 1. The van der Waals surface area contributed by atoms with Gasteiger partial charge >= 0.3 is 0 Å². The van der Waals surface area contributed by atoms with E-state index in [0.717, 1.165) is 0 Å². The van der Waals surface area contributed by atoms with Gasteiger partial charge in [0.15, 0.2) is 6.29 Å². The van der Waals surface area contributed by atoms with Crippen LogP contribution >= 0.6 is 0 Å². The summed E-state index contributed by atoms with van der Waals surface area (Å²) in [6, 6.07) is -0.436. The lowest BCUT2D eigenvalue weighted by molar-refractivity contribution is -0.294. The highest BCUT2D eigenvalue weighted by Crippen LogP contribution is 2.31. The van der Waals surface area contributed by atoms with Gasteiger partial charge in [0.1, 0.15) is 12.2 Å². The second kappa shape index (κ2) is 6.63. The summed E-state index contributed by atoms with van der Waals surface area (Å²) in [5, 5.41) is 52.3. The number of rotatable bonds is 4. The van der Waals surface area contributed by atoms with Crippen LogP contribution in [0.25, 0.3) is 0 Å². The molecule has 6 N–H and O–H groups in total. The minimum absolute atomic E-state index is 0.333. The Morgan fingerprint density at radius 1 is 1.30 bits per heavy atom. The number of β-amino-alcohol motifs (C(OH)–C–C–N with tert-alkyl or cyclic N) is 1. The van der Waals surface area contributed by atoms with Crippen LogP contribution in [0.2, 0.25) is 0 Å². The lowest BCUT2D eigenvalue weighted by Gasteiger charge is -2.44. The molecule has 20 heavy (non-hydrogen) atoms. The van der Waals surface area contributed by atoms with Crippen LogP contribution in [0, 0.1) is 5.92 Å². The van der Waals surface area contributed by atoms with E-state index in [2.05, 4.69) is 5.32 Å². The van der Waals surface area contributed by atoms with Crippen molar-refractivity contribution in [3.8, 4) is 0 Å². The van der Waals surface area contributed by atoms with Crippen LogP contribution in [-0.2, 0) is 9.47 Å². The van der Waals surface area contributed by atoms with Gasteiger partial charge in [0.2, 0.25) is 0 Å². The van der Waals surface area contributed by atoms with Crippen LogP contribution in [-0.4, -0.2) is 88.6 Å². The molecule has 2 rings (SSSR count). The molecule has 0 aromatic heterocycles. The maximum atomic E-state index is 10.4. The molecule has 2 saturated heterocycles. The third-order valence-corrected chi connectivity index (χ3v) is 4.12. The monoisotopic (exact) mass is 293 g/mol.